The molecular formula is C84H102. The molecule has 84 heavy (non-hydrogen) atoms. The van der Waals surface area contributed by atoms with Gasteiger partial charge >= 0.3 is 0 Å². The molecule has 438 valence electrons. The molecule has 0 heterocycles. The van der Waals surface area contributed by atoms with Crippen LogP contribution in [0.25, 0.3) is 65.7 Å². The molecule has 0 aliphatic heterocycles. The predicted octanol–water partition coefficient (Wildman–Crippen LogP) is 24.2. The topological polar surface area (TPSA) is 0 Å². The Morgan fingerprint density at radius 1 is 0.119 bits per heavy atom. The van der Waals surface area contributed by atoms with Crippen molar-refractivity contribution in [3.63, 3.8) is 0 Å². The van der Waals surface area contributed by atoms with Gasteiger partial charge in [-0.3, -0.25) is 0 Å². The lowest BCUT2D eigenvalue weighted by atomic mass is 9.81. The highest BCUT2D eigenvalue weighted by atomic mass is 14.4. The third kappa shape index (κ3) is 7.75. The van der Waals surface area contributed by atoms with Gasteiger partial charge in [0.1, 0.15) is 0 Å². The average molecular weight is 1110 g/mol. The summed E-state index contributed by atoms with van der Waals surface area (Å²) in [5, 5.41) is 9.02. The summed E-state index contributed by atoms with van der Waals surface area (Å²) in [5.41, 5.74) is 62.7. The maximum atomic E-state index is 2.43. The van der Waals surface area contributed by atoms with E-state index in [0.717, 1.165) is 0 Å². The van der Waals surface area contributed by atoms with Crippen LogP contribution in [0, 0.1) is 208 Å². The summed E-state index contributed by atoms with van der Waals surface area (Å²) in [6.45, 7) is 76.9. The molecule has 9 aromatic carbocycles. The van der Waals surface area contributed by atoms with Gasteiger partial charge in [0, 0.05) is 17.8 Å². The zero-order valence-corrected chi connectivity index (χ0v) is 58.7. The summed E-state index contributed by atoms with van der Waals surface area (Å²) < 4.78 is 0. The molecule has 3 unspecified atom stereocenters. The maximum Gasteiger partial charge on any atom is 0.00825 e. The van der Waals surface area contributed by atoms with Gasteiger partial charge in [-0.15, -0.1) is 0 Å². The van der Waals surface area contributed by atoms with Crippen molar-refractivity contribution in [3.05, 3.63) is 200 Å². The molecule has 0 heteroatoms. The smallest absolute Gasteiger partial charge is 0.00825 e. The molecular weight excluding hydrogens is 1010 g/mol. The number of rotatable bonds is 0. The Balaban J connectivity index is 0.000000140. The Morgan fingerprint density at radius 3 is 0.655 bits per heavy atom. The molecule has 0 saturated heterocycles. The van der Waals surface area contributed by atoms with Gasteiger partial charge in [-0.2, -0.15) is 0 Å². The van der Waals surface area contributed by atoms with E-state index in [1.54, 1.807) is 33.4 Å². The molecule has 0 bridgehead atoms. The quantitative estimate of drug-likeness (QED) is 0.142. The third-order valence-corrected chi connectivity index (χ3v) is 25.1. The first-order valence-corrected chi connectivity index (χ1v) is 32.0. The van der Waals surface area contributed by atoms with E-state index < -0.39 is 0 Å². The lowest BCUT2D eigenvalue weighted by molar-refractivity contribution is 0.923. The van der Waals surface area contributed by atoms with Crippen LogP contribution in [0.15, 0.2) is 0 Å². The molecule has 3 atom stereocenters. The Labute approximate surface area is 509 Å². The van der Waals surface area contributed by atoms with Crippen molar-refractivity contribution in [2.75, 3.05) is 0 Å². The van der Waals surface area contributed by atoms with Crippen molar-refractivity contribution < 1.29 is 0 Å². The zero-order chi connectivity index (χ0) is 62.4. The minimum Gasteiger partial charge on any atom is -0.0542 e. The van der Waals surface area contributed by atoms with Gasteiger partial charge < -0.3 is 0 Å². The minimum absolute atomic E-state index is 0.449. The van der Waals surface area contributed by atoms with Gasteiger partial charge in [0.05, 0.1) is 0 Å². The highest BCUT2D eigenvalue weighted by Crippen LogP contribution is 2.59. The van der Waals surface area contributed by atoms with Crippen molar-refractivity contribution in [1.82, 2.24) is 0 Å². The highest BCUT2D eigenvalue weighted by Gasteiger charge is 2.39. The molecule has 0 saturated carbocycles. The van der Waals surface area contributed by atoms with E-state index in [1.165, 1.54) is 233 Å². The fourth-order valence-electron chi connectivity index (χ4n) is 18.0. The van der Waals surface area contributed by atoms with Crippen LogP contribution in [-0.2, 0) is 0 Å². The number of fused-ring (bicyclic) bond motifs is 14. The van der Waals surface area contributed by atoms with Gasteiger partial charge in [0.15, 0.2) is 0 Å². The standard InChI is InChI=1S/3C28H34/c1-12-14(3)18(7)26-23(16(12)5)20(9)21(10)25-22(11)24-17(6)13(2)15(4)19(8)27(24)28(25)26;1-12-14(3)18(7)25-23(16(12)5)20(9)21(10)27-26-19(8)15(4)13(2)17(6)24(26)22(11)28(25)27;1-12-13(2)17(6)24-22(11)28-26(20(9)23(24)16(12)5)21(10)25-18(7)14(3)15(4)19(8)27(25)28/h2*22H,1-11H3;21H,1-11H3. The largest absolute Gasteiger partial charge is 0.0542 e. The minimum atomic E-state index is 0.449. The second-order valence-corrected chi connectivity index (χ2v) is 27.9. The first kappa shape index (κ1) is 60.9. The Bertz CT molecular complexity index is 4470. The van der Waals surface area contributed by atoms with Crippen LogP contribution in [0.4, 0.5) is 0 Å². The summed E-state index contributed by atoms with van der Waals surface area (Å²) >= 11 is 0. The summed E-state index contributed by atoms with van der Waals surface area (Å²) in [6, 6.07) is 0. The molecule has 12 rings (SSSR count). The van der Waals surface area contributed by atoms with Gasteiger partial charge in [-0.25, -0.2) is 0 Å². The van der Waals surface area contributed by atoms with E-state index in [4.69, 9.17) is 0 Å². The van der Waals surface area contributed by atoms with Crippen molar-refractivity contribution in [1.29, 1.82) is 0 Å². The Morgan fingerprint density at radius 2 is 0.286 bits per heavy atom. The molecule has 9 aromatic rings. The van der Waals surface area contributed by atoms with E-state index in [2.05, 4.69) is 228 Å². The highest BCUT2D eigenvalue weighted by molar-refractivity contribution is 6.10. The van der Waals surface area contributed by atoms with Crippen LogP contribution in [0.3, 0.4) is 0 Å². The summed E-state index contributed by atoms with van der Waals surface area (Å²) in [4.78, 5) is 0. The number of benzene rings is 9. The van der Waals surface area contributed by atoms with Crippen LogP contribution in [-0.4, -0.2) is 0 Å². The number of aryl methyl sites for hydroxylation is 10. The van der Waals surface area contributed by atoms with Crippen molar-refractivity contribution in [3.8, 4) is 33.4 Å². The predicted molar refractivity (Wildman–Crippen MR) is 373 cm³/mol. The molecule has 0 N–H and O–H groups in total. The van der Waals surface area contributed by atoms with Crippen LogP contribution in [0.1, 0.15) is 239 Å². The maximum absolute atomic E-state index is 2.43. The Hall–Kier alpha value is -6.24. The SMILES string of the molecule is Cc1c(C)c(C)c2c(c1C)-c1c(C)c(C)c3c(C)c(C)c(C)c(C)c3c1C2C.Cc1c(C)c(C)c2c(c1C)-c1c(c(C)c(C)c3c(C)c(C)c(C)c(C)c13)C2C.Cc1c(C)c(C)c2c(c1C)-c1c(c(C)c3c(C)c(C)c(C)c(C)c3c1C)C2C. The fraction of sp³-hybridized carbons (Fsp3) is 0.429. The number of hydrogen-bond donors (Lipinski definition) is 0. The Kier molecular flexibility index (Phi) is 14.8. The van der Waals surface area contributed by atoms with Gasteiger partial charge in [-0.1, -0.05) is 20.8 Å². The summed E-state index contributed by atoms with van der Waals surface area (Å²) in [6.07, 6.45) is 0. The van der Waals surface area contributed by atoms with Crippen molar-refractivity contribution in [2.45, 2.75) is 246 Å². The lowest BCUT2D eigenvalue weighted by Gasteiger charge is -2.23. The third-order valence-electron chi connectivity index (χ3n) is 25.1. The van der Waals surface area contributed by atoms with Crippen molar-refractivity contribution in [2.24, 2.45) is 0 Å². The van der Waals surface area contributed by atoms with E-state index in [9.17, 15) is 0 Å². The van der Waals surface area contributed by atoms with Crippen LogP contribution in [0.5, 0.6) is 0 Å². The second-order valence-electron chi connectivity index (χ2n) is 27.9. The van der Waals surface area contributed by atoms with Gasteiger partial charge in [0.2, 0.25) is 0 Å². The molecule has 0 nitrogen and oxygen atoms in total. The summed E-state index contributed by atoms with van der Waals surface area (Å²) in [5.74, 6) is 1.38. The monoisotopic (exact) mass is 1110 g/mol. The first-order chi connectivity index (χ1) is 39.1. The summed E-state index contributed by atoms with van der Waals surface area (Å²) in [7, 11) is 0. The molecule has 0 radical (unpaired) electrons. The van der Waals surface area contributed by atoms with Crippen LogP contribution >= 0.6 is 0 Å². The molecule has 0 amide bonds. The first-order valence-electron chi connectivity index (χ1n) is 32.0. The van der Waals surface area contributed by atoms with E-state index >= 15 is 0 Å². The average Bonchev–Trinajstić information content (AvgIpc) is 1.76. The lowest BCUT2D eigenvalue weighted by Crippen LogP contribution is -2.03. The van der Waals surface area contributed by atoms with Crippen LogP contribution in [0.2, 0.25) is 0 Å². The van der Waals surface area contributed by atoms with E-state index in [0.29, 0.717) is 17.8 Å². The molecule has 0 spiro atoms. The van der Waals surface area contributed by atoms with Gasteiger partial charge in [0.25, 0.3) is 0 Å². The normalized spacial score (nSPS) is 15.3. The van der Waals surface area contributed by atoms with E-state index in [1.807, 2.05) is 0 Å². The fourth-order valence-corrected chi connectivity index (χ4v) is 18.0. The molecule has 3 aliphatic carbocycles. The van der Waals surface area contributed by atoms with Gasteiger partial charge in [-0.05, 0) is 474 Å². The number of hydrogen-bond acceptors (Lipinski definition) is 0. The molecule has 0 aromatic heterocycles. The van der Waals surface area contributed by atoms with E-state index in [-0.39, 0.29) is 0 Å². The second kappa shape index (κ2) is 20.5. The van der Waals surface area contributed by atoms with Crippen molar-refractivity contribution >= 4 is 32.3 Å². The molecule has 3 aliphatic rings. The molecule has 0 fully saturated rings. The van der Waals surface area contributed by atoms with Crippen LogP contribution < -0.4 is 0 Å². The zero-order valence-electron chi connectivity index (χ0n) is 58.7.